The van der Waals surface area contributed by atoms with Crippen LogP contribution in [0.5, 0.6) is 5.75 Å². The molecule has 5 heteroatoms. The second-order valence-electron chi connectivity index (χ2n) is 4.86. The number of benzene rings is 1. The predicted octanol–water partition coefficient (Wildman–Crippen LogP) is 3.01. The Labute approximate surface area is 121 Å². The van der Waals surface area contributed by atoms with Crippen LogP contribution >= 0.6 is 15.9 Å². The SMILES string of the molecule is CN1CCCC1CCOc1ccc(Br)cc1C(=O)O. The molecule has 0 aliphatic carbocycles. The molecule has 19 heavy (non-hydrogen) atoms. The van der Waals surface area contributed by atoms with Crippen molar-refractivity contribution in [3.8, 4) is 5.75 Å². The Kier molecular flexibility index (Phi) is 4.82. The third-order valence-corrected chi connectivity index (χ3v) is 4.05. The molecule has 1 N–H and O–H groups in total. The van der Waals surface area contributed by atoms with Crippen molar-refractivity contribution in [3.63, 3.8) is 0 Å². The van der Waals surface area contributed by atoms with E-state index in [1.165, 1.54) is 12.8 Å². The zero-order valence-electron chi connectivity index (χ0n) is 10.9. The lowest BCUT2D eigenvalue weighted by molar-refractivity contribution is 0.0691. The van der Waals surface area contributed by atoms with Gasteiger partial charge in [-0.05, 0) is 51.1 Å². The summed E-state index contributed by atoms with van der Waals surface area (Å²) >= 11 is 3.27. The zero-order chi connectivity index (χ0) is 13.8. The molecule has 0 aromatic heterocycles. The average Bonchev–Trinajstić information content (AvgIpc) is 2.77. The number of ether oxygens (including phenoxy) is 1. The lowest BCUT2D eigenvalue weighted by Gasteiger charge is -2.19. The maximum atomic E-state index is 11.1. The molecule has 1 unspecified atom stereocenters. The second-order valence-corrected chi connectivity index (χ2v) is 5.78. The molecule has 1 aliphatic heterocycles. The molecule has 1 aromatic rings. The zero-order valence-corrected chi connectivity index (χ0v) is 12.5. The largest absolute Gasteiger partial charge is 0.493 e. The number of likely N-dealkylation sites (tertiary alicyclic amines) is 1. The number of hydrogen-bond donors (Lipinski definition) is 1. The summed E-state index contributed by atoms with van der Waals surface area (Å²) in [6.45, 7) is 1.69. The molecule has 104 valence electrons. The number of carboxylic acids is 1. The molecule has 1 atom stereocenters. The predicted molar refractivity (Wildman–Crippen MR) is 76.9 cm³/mol. The van der Waals surface area contributed by atoms with Crippen LogP contribution in [0, 0.1) is 0 Å². The smallest absolute Gasteiger partial charge is 0.339 e. The summed E-state index contributed by atoms with van der Waals surface area (Å²) in [5.41, 5.74) is 0.203. The summed E-state index contributed by atoms with van der Waals surface area (Å²) < 4.78 is 6.38. The molecule has 2 rings (SSSR count). The molecule has 1 saturated heterocycles. The van der Waals surface area contributed by atoms with E-state index in [4.69, 9.17) is 9.84 Å². The Balaban J connectivity index is 1.94. The van der Waals surface area contributed by atoms with Crippen molar-refractivity contribution in [2.24, 2.45) is 0 Å². The van der Waals surface area contributed by atoms with E-state index in [9.17, 15) is 4.79 Å². The van der Waals surface area contributed by atoms with Gasteiger partial charge >= 0.3 is 5.97 Å². The van der Waals surface area contributed by atoms with E-state index in [2.05, 4.69) is 27.9 Å². The average molecular weight is 328 g/mol. The molecular formula is C14H18BrNO3. The molecular weight excluding hydrogens is 310 g/mol. The van der Waals surface area contributed by atoms with Crippen molar-refractivity contribution < 1.29 is 14.6 Å². The number of aromatic carboxylic acids is 1. The van der Waals surface area contributed by atoms with E-state index in [-0.39, 0.29) is 5.56 Å². The highest BCUT2D eigenvalue weighted by Crippen LogP contribution is 2.24. The van der Waals surface area contributed by atoms with Gasteiger partial charge in [-0.2, -0.15) is 0 Å². The third-order valence-electron chi connectivity index (χ3n) is 3.55. The highest BCUT2D eigenvalue weighted by atomic mass is 79.9. The molecule has 1 heterocycles. The number of rotatable bonds is 5. The van der Waals surface area contributed by atoms with Gasteiger partial charge in [0.15, 0.2) is 0 Å². The van der Waals surface area contributed by atoms with Gasteiger partial charge in [0.2, 0.25) is 0 Å². The van der Waals surface area contributed by atoms with Crippen LogP contribution in [0.25, 0.3) is 0 Å². The minimum absolute atomic E-state index is 0.203. The van der Waals surface area contributed by atoms with Crippen LogP contribution in [0.15, 0.2) is 22.7 Å². The van der Waals surface area contributed by atoms with E-state index >= 15 is 0 Å². The van der Waals surface area contributed by atoms with E-state index in [0.717, 1.165) is 17.4 Å². The summed E-state index contributed by atoms with van der Waals surface area (Å²) in [7, 11) is 2.12. The van der Waals surface area contributed by atoms with Crippen LogP contribution in [-0.4, -0.2) is 42.2 Å². The number of nitrogens with zero attached hydrogens (tertiary/aromatic N) is 1. The maximum absolute atomic E-state index is 11.1. The third kappa shape index (κ3) is 3.70. The molecule has 1 fully saturated rings. The van der Waals surface area contributed by atoms with Gasteiger partial charge in [-0.1, -0.05) is 15.9 Å². The molecule has 1 aliphatic rings. The van der Waals surface area contributed by atoms with Gasteiger partial charge in [0.05, 0.1) is 6.61 Å². The van der Waals surface area contributed by atoms with Gasteiger partial charge in [0.25, 0.3) is 0 Å². The molecule has 4 nitrogen and oxygen atoms in total. The molecule has 0 spiro atoms. The minimum Gasteiger partial charge on any atom is -0.493 e. The van der Waals surface area contributed by atoms with Gasteiger partial charge in [-0.3, -0.25) is 0 Å². The van der Waals surface area contributed by atoms with E-state index in [1.54, 1.807) is 18.2 Å². The number of hydrogen-bond acceptors (Lipinski definition) is 3. The van der Waals surface area contributed by atoms with Crippen molar-refractivity contribution in [2.45, 2.75) is 25.3 Å². The molecule has 1 aromatic carbocycles. The summed E-state index contributed by atoms with van der Waals surface area (Å²) in [5, 5.41) is 9.13. The van der Waals surface area contributed by atoms with Crippen LogP contribution in [0.4, 0.5) is 0 Å². The van der Waals surface area contributed by atoms with Gasteiger partial charge < -0.3 is 14.7 Å². The first kappa shape index (κ1) is 14.3. The van der Waals surface area contributed by atoms with Crippen molar-refractivity contribution in [2.75, 3.05) is 20.2 Å². The highest BCUT2D eigenvalue weighted by molar-refractivity contribution is 9.10. The van der Waals surface area contributed by atoms with E-state index < -0.39 is 5.97 Å². The van der Waals surface area contributed by atoms with Gasteiger partial charge in [0, 0.05) is 10.5 Å². The summed E-state index contributed by atoms with van der Waals surface area (Å²) in [5.74, 6) is -0.523. The molecule has 0 amide bonds. The lowest BCUT2D eigenvalue weighted by atomic mass is 10.1. The molecule has 0 saturated carbocycles. The Hall–Kier alpha value is -1.07. The van der Waals surface area contributed by atoms with Crippen molar-refractivity contribution in [3.05, 3.63) is 28.2 Å². The summed E-state index contributed by atoms with van der Waals surface area (Å²) in [6.07, 6.45) is 3.37. The molecule has 0 radical (unpaired) electrons. The summed E-state index contributed by atoms with van der Waals surface area (Å²) in [4.78, 5) is 13.5. The van der Waals surface area contributed by atoms with E-state index in [1.807, 2.05) is 0 Å². The fraction of sp³-hybridized carbons (Fsp3) is 0.500. The number of carbonyl (C=O) groups is 1. The normalized spacial score (nSPS) is 19.6. The van der Waals surface area contributed by atoms with E-state index in [0.29, 0.717) is 18.4 Å². The fourth-order valence-corrected chi connectivity index (χ4v) is 2.81. The second kappa shape index (κ2) is 6.39. The monoisotopic (exact) mass is 327 g/mol. The maximum Gasteiger partial charge on any atom is 0.339 e. The first-order valence-electron chi connectivity index (χ1n) is 6.44. The van der Waals surface area contributed by atoms with Crippen LogP contribution < -0.4 is 4.74 Å². The lowest BCUT2D eigenvalue weighted by Crippen LogP contribution is -2.26. The first-order chi connectivity index (χ1) is 9.08. The standard InChI is InChI=1S/C14H18BrNO3/c1-16-7-2-3-11(16)6-8-19-13-5-4-10(15)9-12(13)14(17)18/h4-5,9,11H,2-3,6-8H2,1H3,(H,17,18). The van der Waals surface area contributed by atoms with Crippen molar-refractivity contribution in [1.29, 1.82) is 0 Å². The Morgan fingerprint density at radius 2 is 2.37 bits per heavy atom. The molecule has 0 bridgehead atoms. The quantitative estimate of drug-likeness (QED) is 0.903. The van der Waals surface area contributed by atoms with Gasteiger partial charge in [0.1, 0.15) is 11.3 Å². The van der Waals surface area contributed by atoms with Crippen LogP contribution in [0.2, 0.25) is 0 Å². The van der Waals surface area contributed by atoms with Gasteiger partial charge in [-0.25, -0.2) is 4.79 Å². The number of halogens is 1. The first-order valence-corrected chi connectivity index (χ1v) is 7.23. The van der Waals surface area contributed by atoms with Crippen LogP contribution in [0.3, 0.4) is 0 Å². The van der Waals surface area contributed by atoms with Crippen molar-refractivity contribution in [1.82, 2.24) is 4.90 Å². The van der Waals surface area contributed by atoms with Crippen LogP contribution in [0.1, 0.15) is 29.6 Å². The Morgan fingerprint density at radius 1 is 1.58 bits per heavy atom. The minimum atomic E-state index is -0.964. The van der Waals surface area contributed by atoms with Crippen molar-refractivity contribution >= 4 is 21.9 Å². The fourth-order valence-electron chi connectivity index (χ4n) is 2.44. The number of carboxylic acid groups (broad SMARTS) is 1. The topological polar surface area (TPSA) is 49.8 Å². The Bertz CT molecular complexity index is 464. The van der Waals surface area contributed by atoms with Crippen LogP contribution in [-0.2, 0) is 0 Å². The van der Waals surface area contributed by atoms with Gasteiger partial charge in [-0.15, -0.1) is 0 Å². The highest BCUT2D eigenvalue weighted by Gasteiger charge is 2.20. The summed E-state index contributed by atoms with van der Waals surface area (Å²) in [6, 6.07) is 5.62. The Morgan fingerprint density at radius 3 is 3.00 bits per heavy atom.